The largest absolute Gasteiger partial charge is 0.388 e. The second-order valence-electron chi connectivity index (χ2n) is 5.55. The van der Waals surface area contributed by atoms with Crippen molar-refractivity contribution in [2.24, 2.45) is 5.92 Å². The fourth-order valence-corrected chi connectivity index (χ4v) is 3.32. The first-order valence-electron chi connectivity index (χ1n) is 7.87. The molecule has 2 nitrogen and oxygen atoms in total. The summed E-state index contributed by atoms with van der Waals surface area (Å²) in [6.07, 6.45) is 2.65. The average Bonchev–Trinajstić information content (AvgIpc) is 2.47. The van der Waals surface area contributed by atoms with Gasteiger partial charge in [0, 0.05) is 22.6 Å². The predicted octanol–water partition coefficient (Wildman–Crippen LogP) is 5.28. The van der Waals surface area contributed by atoms with Crippen molar-refractivity contribution in [1.82, 2.24) is 4.90 Å². The van der Waals surface area contributed by atoms with E-state index >= 15 is 0 Å². The van der Waals surface area contributed by atoms with Gasteiger partial charge in [0.1, 0.15) is 0 Å². The molecule has 1 unspecified atom stereocenters. The van der Waals surface area contributed by atoms with Gasteiger partial charge in [-0.05, 0) is 36.6 Å². The van der Waals surface area contributed by atoms with Crippen LogP contribution in [0.4, 0.5) is 0 Å². The van der Waals surface area contributed by atoms with Crippen molar-refractivity contribution in [3.05, 3.63) is 33.3 Å². The fraction of sp³-hybridized carbons (Fsp3) is 0.647. The number of hydrogen-bond donors (Lipinski definition) is 1. The molecule has 1 rings (SSSR count). The van der Waals surface area contributed by atoms with E-state index in [-0.39, 0.29) is 0 Å². The fourth-order valence-electron chi connectivity index (χ4n) is 2.52. The van der Waals surface area contributed by atoms with E-state index in [1.807, 2.05) is 18.2 Å². The van der Waals surface area contributed by atoms with Gasteiger partial charge in [-0.3, -0.25) is 0 Å². The lowest BCUT2D eigenvalue weighted by Crippen LogP contribution is -2.31. The standard InChI is InChI=1S/C17H27BrClNO/c1-4-13(5-2)12-20(6-3)10-9-17(21)15-8-7-14(18)11-16(15)19/h7-8,11,13,17,21H,4-6,9-10,12H2,1-3H3. The molecule has 0 aliphatic rings. The third kappa shape index (κ3) is 6.27. The Balaban J connectivity index is 2.55. The minimum atomic E-state index is -0.499. The normalized spacial score (nSPS) is 13.1. The monoisotopic (exact) mass is 375 g/mol. The van der Waals surface area contributed by atoms with Gasteiger partial charge in [-0.25, -0.2) is 0 Å². The first-order valence-corrected chi connectivity index (χ1v) is 9.04. The van der Waals surface area contributed by atoms with Crippen LogP contribution >= 0.6 is 27.5 Å². The summed E-state index contributed by atoms with van der Waals surface area (Å²) >= 11 is 9.59. The number of rotatable bonds is 9. The molecule has 4 heteroatoms. The SMILES string of the molecule is CCC(CC)CN(CC)CCC(O)c1ccc(Br)cc1Cl. The lowest BCUT2D eigenvalue weighted by atomic mass is 10.0. The third-order valence-corrected chi connectivity index (χ3v) is 4.98. The van der Waals surface area contributed by atoms with Crippen molar-refractivity contribution < 1.29 is 5.11 Å². The number of hydrogen-bond acceptors (Lipinski definition) is 2. The van der Waals surface area contributed by atoms with Crippen molar-refractivity contribution in [3.8, 4) is 0 Å². The molecule has 0 saturated carbocycles. The highest BCUT2D eigenvalue weighted by atomic mass is 79.9. The summed E-state index contributed by atoms with van der Waals surface area (Å²) in [5, 5.41) is 11.0. The summed E-state index contributed by atoms with van der Waals surface area (Å²) < 4.78 is 0.937. The maximum absolute atomic E-state index is 10.4. The van der Waals surface area contributed by atoms with E-state index in [4.69, 9.17) is 11.6 Å². The molecule has 0 bridgehead atoms. The second kappa shape index (κ2) is 9.83. The zero-order valence-electron chi connectivity index (χ0n) is 13.3. The Morgan fingerprint density at radius 3 is 2.43 bits per heavy atom. The van der Waals surface area contributed by atoms with Crippen LogP contribution in [0.3, 0.4) is 0 Å². The highest BCUT2D eigenvalue weighted by molar-refractivity contribution is 9.10. The van der Waals surface area contributed by atoms with Crippen LogP contribution in [0, 0.1) is 5.92 Å². The molecule has 0 aliphatic carbocycles. The first kappa shape index (κ1) is 19.0. The van der Waals surface area contributed by atoms with Crippen LogP contribution in [-0.2, 0) is 0 Å². The lowest BCUT2D eigenvalue weighted by molar-refractivity contribution is 0.136. The molecule has 0 heterocycles. The molecule has 0 radical (unpaired) electrons. The van der Waals surface area contributed by atoms with Crippen LogP contribution in [0.2, 0.25) is 5.02 Å². The van der Waals surface area contributed by atoms with Gasteiger partial charge in [0.15, 0.2) is 0 Å². The Bertz CT molecular complexity index is 423. The summed E-state index contributed by atoms with van der Waals surface area (Å²) in [6.45, 7) is 9.72. The molecule has 1 aromatic carbocycles. The van der Waals surface area contributed by atoms with Gasteiger partial charge >= 0.3 is 0 Å². The molecule has 1 aromatic rings. The van der Waals surface area contributed by atoms with Gasteiger partial charge in [0.25, 0.3) is 0 Å². The summed E-state index contributed by atoms with van der Waals surface area (Å²) in [5.74, 6) is 0.748. The van der Waals surface area contributed by atoms with E-state index in [1.165, 1.54) is 12.8 Å². The number of halogens is 2. The van der Waals surface area contributed by atoms with Crippen LogP contribution in [0.5, 0.6) is 0 Å². The summed E-state index contributed by atoms with van der Waals surface area (Å²) in [4.78, 5) is 2.42. The average molecular weight is 377 g/mol. The highest BCUT2D eigenvalue weighted by Crippen LogP contribution is 2.28. The number of aliphatic hydroxyl groups excluding tert-OH is 1. The van der Waals surface area contributed by atoms with E-state index in [1.54, 1.807) is 0 Å². The Labute approximate surface area is 142 Å². The molecular formula is C17H27BrClNO. The van der Waals surface area contributed by atoms with Gasteiger partial charge < -0.3 is 10.0 Å². The van der Waals surface area contributed by atoms with Crippen LogP contribution in [-0.4, -0.2) is 29.6 Å². The molecule has 0 fully saturated rings. The Hall–Kier alpha value is -0.0900. The molecule has 0 spiro atoms. The van der Waals surface area contributed by atoms with Crippen molar-refractivity contribution in [1.29, 1.82) is 0 Å². The van der Waals surface area contributed by atoms with E-state index in [9.17, 15) is 5.11 Å². The molecule has 21 heavy (non-hydrogen) atoms. The zero-order chi connectivity index (χ0) is 15.8. The topological polar surface area (TPSA) is 23.5 Å². The number of aliphatic hydroxyl groups is 1. The van der Waals surface area contributed by atoms with Crippen molar-refractivity contribution in [3.63, 3.8) is 0 Å². The molecule has 120 valence electrons. The molecule has 1 atom stereocenters. The lowest BCUT2D eigenvalue weighted by Gasteiger charge is -2.26. The van der Waals surface area contributed by atoms with Crippen molar-refractivity contribution >= 4 is 27.5 Å². The maximum atomic E-state index is 10.4. The van der Waals surface area contributed by atoms with Gasteiger partial charge in [-0.1, -0.05) is 67.2 Å². The Kier molecular flexibility index (Phi) is 8.88. The molecule has 0 aliphatic heterocycles. The van der Waals surface area contributed by atoms with Crippen molar-refractivity contribution in [2.75, 3.05) is 19.6 Å². The number of nitrogens with zero attached hydrogens (tertiary/aromatic N) is 1. The van der Waals surface area contributed by atoms with E-state index in [0.29, 0.717) is 5.02 Å². The highest BCUT2D eigenvalue weighted by Gasteiger charge is 2.15. The van der Waals surface area contributed by atoms with Gasteiger partial charge in [0.2, 0.25) is 0 Å². The Morgan fingerprint density at radius 1 is 1.24 bits per heavy atom. The van der Waals surface area contributed by atoms with Crippen LogP contribution in [0.1, 0.15) is 51.7 Å². The maximum Gasteiger partial charge on any atom is 0.0816 e. The predicted molar refractivity (Wildman–Crippen MR) is 94.9 cm³/mol. The summed E-state index contributed by atoms with van der Waals surface area (Å²) in [5.41, 5.74) is 0.818. The van der Waals surface area contributed by atoms with E-state index in [0.717, 1.165) is 42.0 Å². The summed E-state index contributed by atoms with van der Waals surface area (Å²) in [6, 6.07) is 5.66. The molecule has 1 N–H and O–H groups in total. The second-order valence-corrected chi connectivity index (χ2v) is 6.87. The van der Waals surface area contributed by atoms with Gasteiger partial charge in [-0.2, -0.15) is 0 Å². The zero-order valence-corrected chi connectivity index (χ0v) is 15.6. The van der Waals surface area contributed by atoms with Crippen LogP contribution < -0.4 is 0 Å². The van der Waals surface area contributed by atoms with Crippen molar-refractivity contribution in [2.45, 2.75) is 46.1 Å². The smallest absolute Gasteiger partial charge is 0.0816 e. The van der Waals surface area contributed by atoms with E-state index < -0.39 is 6.10 Å². The molecular weight excluding hydrogens is 350 g/mol. The molecule has 0 aromatic heterocycles. The Morgan fingerprint density at radius 2 is 1.90 bits per heavy atom. The minimum Gasteiger partial charge on any atom is -0.388 e. The molecule has 0 amide bonds. The third-order valence-electron chi connectivity index (χ3n) is 4.16. The minimum absolute atomic E-state index is 0.499. The number of benzene rings is 1. The summed E-state index contributed by atoms with van der Waals surface area (Å²) in [7, 11) is 0. The quantitative estimate of drug-likeness (QED) is 0.633. The molecule has 0 saturated heterocycles. The van der Waals surface area contributed by atoms with Crippen LogP contribution in [0.25, 0.3) is 0 Å². The van der Waals surface area contributed by atoms with Crippen LogP contribution in [0.15, 0.2) is 22.7 Å². The van der Waals surface area contributed by atoms with E-state index in [2.05, 4.69) is 41.6 Å². The van der Waals surface area contributed by atoms with Gasteiger partial charge in [0.05, 0.1) is 6.10 Å². The first-order chi connectivity index (χ1) is 10.0. The van der Waals surface area contributed by atoms with Gasteiger partial charge in [-0.15, -0.1) is 0 Å².